The minimum Gasteiger partial charge on any atom is -0.460 e. The molecule has 2 N–H and O–H groups in total. The van der Waals surface area contributed by atoms with E-state index in [1.807, 2.05) is 49.5 Å². The van der Waals surface area contributed by atoms with E-state index in [0.29, 0.717) is 5.56 Å². The van der Waals surface area contributed by atoms with E-state index < -0.39 is 23.5 Å². The Hall–Kier alpha value is -4.72. The lowest BCUT2D eigenvalue weighted by Crippen LogP contribution is -2.45. The van der Waals surface area contributed by atoms with E-state index in [1.54, 1.807) is 26.8 Å². The van der Waals surface area contributed by atoms with Crippen LogP contribution in [0.2, 0.25) is 0 Å². The monoisotopic (exact) mass is 564 g/mol. The highest BCUT2D eigenvalue weighted by Gasteiger charge is 2.36. The summed E-state index contributed by atoms with van der Waals surface area (Å²) in [5.41, 5.74) is 12.3. The van der Waals surface area contributed by atoms with Crippen LogP contribution < -0.4 is 5.73 Å². The summed E-state index contributed by atoms with van der Waals surface area (Å²) in [6.45, 7) is 7.62. The number of hydrogen-bond donors (Lipinski definition) is 1. The van der Waals surface area contributed by atoms with Gasteiger partial charge in [-0.2, -0.15) is 0 Å². The first kappa shape index (κ1) is 28.8. The third kappa shape index (κ3) is 5.84. The van der Waals surface area contributed by atoms with Crippen molar-refractivity contribution in [2.75, 3.05) is 0 Å². The van der Waals surface area contributed by atoms with Crippen LogP contribution in [0.25, 0.3) is 33.9 Å². The van der Waals surface area contributed by atoms with Gasteiger partial charge in [0.05, 0.1) is 11.4 Å². The van der Waals surface area contributed by atoms with Crippen LogP contribution in [-0.4, -0.2) is 43.9 Å². The van der Waals surface area contributed by atoms with Crippen LogP contribution in [-0.2, 0) is 27.9 Å². The molecule has 5 rings (SSSR count). The molecule has 216 valence electrons. The molecule has 0 aliphatic carbocycles. The number of primary amides is 1. The van der Waals surface area contributed by atoms with E-state index in [-0.39, 0.29) is 25.3 Å². The van der Waals surface area contributed by atoms with Crippen molar-refractivity contribution >= 4 is 17.8 Å². The van der Waals surface area contributed by atoms with Gasteiger partial charge in [-0.25, -0.2) is 4.98 Å². The predicted octanol–water partition coefficient (Wildman–Crippen LogP) is 5.66. The average molecular weight is 565 g/mol. The number of ether oxygens (including phenoxy) is 1. The van der Waals surface area contributed by atoms with Crippen LogP contribution in [0.5, 0.6) is 0 Å². The van der Waals surface area contributed by atoms with Crippen molar-refractivity contribution in [2.45, 2.75) is 58.7 Å². The molecule has 8 heteroatoms. The Morgan fingerprint density at radius 1 is 0.976 bits per heavy atom. The number of aryl methyl sites for hydroxylation is 1. The van der Waals surface area contributed by atoms with E-state index in [0.717, 1.165) is 39.5 Å². The van der Waals surface area contributed by atoms with Gasteiger partial charge in [-0.15, -0.1) is 0 Å². The second-order valence-corrected chi connectivity index (χ2v) is 11.8. The second-order valence-electron chi connectivity index (χ2n) is 11.8. The summed E-state index contributed by atoms with van der Waals surface area (Å²) in [5, 5.41) is 0. The van der Waals surface area contributed by atoms with Crippen LogP contribution in [0.15, 0.2) is 72.8 Å². The molecule has 3 aromatic carbocycles. The number of amides is 2. The molecule has 0 saturated heterocycles. The number of nitrogens with zero attached hydrogens (tertiary/aromatic N) is 3. The van der Waals surface area contributed by atoms with E-state index in [1.165, 1.54) is 10.5 Å². The van der Waals surface area contributed by atoms with Gasteiger partial charge in [-0.1, -0.05) is 66.2 Å². The Morgan fingerprint density at radius 2 is 1.64 bits per heavy atom. The van der Waals surface area contributed by atoms with Crippen molar-refractivity contribution in [1.29, 1.82) is 0 Å². The van der Waals surface area contributed by atoms with Gasteiger partial charge >= 0.3 is 5.97 Å². The molecule has 2 heterocycles. The number of carbonyl (C=O) groups is 3. The Kier molecular flexibility index (Phi) is 7.73. The first-order valence-corrected chi connectivity index (χ1v) is 14.1. The molecule has 0 saturated carbocycles. The fourth-order valence-electron chi connectivity index (χ4n) is 5.43. The third-order valence-electron chi connectivity index (χ3n) is 7.41. The van der Waals surface area contributed by atoms with Gasteiger partial charge in [0.25, 0.3) is 5.91 Å². The van der Waals surface area contributed by atoms with Crippen LogP contribution in [0.1, 0.15) is 55.1 Å². The van der Waals surface area contributed by atoms with Gasteiger partial charge in [-0.3, -0.25) is 14.4 Å². The summed E-state index contributed by atoms with van der Waals surface area (Å²) in [5.74, 6) is -0.614. The highest BCUT2D eigenvalue weighted by Crippen LogP contribution is 2.37. The van der Waals surface area contributed by atoms with Crippen LogP contribution >= 0.6 is 0 Å². The molecule has 1 aromatic heterocycles. The SMILES string of the molecule is Cc1ccc(-c2c(-c3ccccc3)nc(-c3ccc4c(c3)CN(C(CCC(=O)OC(C)(C)C)C(N)=O)C4=O)n2C)cc1. The van der Waals surface area contributed by atoms with Crippen LogP contribution in [0.4, 0.5) is 0 Å². The van der Waals surface area contributed by atoms with Crippen molar-refractivity contribution in [3.8, 4) is 33.9 Å². The highest BCUT2D eigenvalue weighted by atomic mass is 16.6. The van der Waals surface area contributed by atoms with Crippen molar-refractivity contribution in [2.24, 2.45) is 12.8 Å². The predicted molar refractivity (Wildman–Crippen MR) is 162 cm³/mol. The molecule has 42 heavy (non-hydrogen) atoms. The molecule has 0 radical (unpaired) electrons. The maximum absolute atomic E-state index is 13.4. The van der Waals surface area contributed by atoms with E-state index in [9.17, 15) is 14.4 Å². The number of imidazole rings is 1. The molecular weight excluding hydrogens is 528 g/mol. The van der Waals surface area contributed by atoms with Gasteiger partial charge in [0.15, 0.2) is 0 Å². The quantitative estimate of drug-likeness (QED) is 0.278. The minimum atomic E-state index is -0.924. The topological polar surface area (TPSA) is 108 Å². The molecule has 2 amide bonds. The number of nitrogens with two attached hydrogens (primary N) is 1. The number of fused-ring (bicyclic) bond motifs is 1. The molecule has 0 bridgehead atoms. The Bertz CT molecular complexity index is 1650. The van der Waals surface area contributed by atoms with Crippen molar-refractivity contribution < 1.29 is 19.1 Å². The highest BCUT2D eigenvalue weighted by molar-refractivity contribution is 6.01. The number of carbonyl (C=O) groups excluding carboxylic acids is 3. The van der Waals surface area contributed by atoms with Crippen molar-refractivity contribution in [3.63, 3.8) is 0 Å². The molecule has 0 spiro atoms. The molecule has 1 aliphatic heterocycles. The smallest absolute Gasteiger partial charge is 0.306 e. The molecule has 0 fully saturated rings. The van der Waals surface area contributed by atoms with Crippen molar-refractivity contribution in [1.82, 2.24) is 14.5 Å². The molecule has 1 aliphatic rings. The minimum absolute atomic E-state index is 0.0203. The van der Waals surface area contributed by atoms with Crippen LogP contribution in [0.3, 0.4) is 0 Å². The zero-order chi connectivity index (χ0) is 30.2. The Labute approximate surface area is 246 Å². The zero-order valence-corrected chi connectivity index (χ0v) is 24.7. The number of hydrogen-bond acceptors (Lipinski definition) is 5. The summed E-state index contributed by atoms with van der Waals surface area (Å²) < 4.78 is 7.45. The lowest BCUT2D eigenvalue weighted by molar-refractivity contribution is -0.155. The van der Waals surface area contributed by atoms with Gasteiger partial charge < -0.3 is 19.9 Å². The normalized spacial score (nSPS) is 13.6. The van der Waals surface area contributed by atoms with E-state index in [2.05, 4.69) is 35.8 Å². The van der Waals surface area contributed by atoms with Crippen molar-refractivity contribution in [3.05, 3.63) is 89.5 Å². The number of benzene rings is 3. The van der Waals surface area contributed by atoms with Gasteiger partial charge in [0.1, 0.15) is 17.5 Å². The fraction of sp³-hybridized carbons (Fsp3) is 0.294. The summed E-state index contributed by atoms with van der Waals surface area (Å²) >= 11 is 0. The second kappa shape index (κ2) is 11.3. The third-order valence-corrected chi connectivity index (χ3v) is 7.41. The average Bonchev–Trinajstić information content (AvgIpc) is 3.45. The standard InChI is InChI=1S/C34H36N4O4/c1-21-11-13-23(14-12-21)30-29(22-9-7-6-8-10-22)36-32(37(30)5)24-15-16-26-25(19-24)20-38(33(26)41)27(31(35)40)17-18-28(39)42-34(2,3)4/h6-16,19,27H,17-18,20H2,1-5H3,(H2,35,40). The molecular formula is C34H36N4O4. The molecule has 8 nitrogen and oxygen atoms in total. The lowest BCUT2D eigenvalue weighted by Gasteiger charge is -2.25. The largest absolute Gasteiger partial charge is 0.460 e. The number of rotatable bonds is 8. The van der Waals surface area contributed by atoms with Gasteiger partial charge in [0.2, 0.25) is 5.91 Å². The first-order valence-electron chi connectivity index (χ1n) is 14.1. The number of aromatic nitrogens is 2. The summed E-state index contributed by atoms with van der Waals surface area (Å²) in [6.07, 6.45) is 0.0735. The fourth-order valence-corrected chi connectivity index (χ4v) is 5.43. The Morgan fingerprint density at radius 3 is 2.29 bits per heavy atom. The summed E-state index contributed by atoms with van der Waals surface area (Å²) in [6, 6.07) is 23.1. The molecule has 4 aromatic rings. The maximum atomic E-state index is 13.4. The number of esters is 1. The maximum Gasteiger partial charge on any atom is 0.306 e. The van der Waals surface area contributed by atoms with E-state index in [4.69, 9.17) is 15.5 Å². The molecule has 1 atom stereocenters. The van der Waals surface area contributed by atoms with E-state index >= 15 is 0 Å². The van der Waals surface area contributed by atoms with Crippen LogP contribution in [0, 0.1) is 6.92 Å². The zero-order valence-electron chi connectivity index (χ0n) is 24.7. The summed E-state index contributed by atoms with van der Waals surface area (Å²) in [4.78, 5) is 44.6. The summed E-state index contributed by atoms with van der Waals surface area (Å²) in [7, 11) is 1.99. The lowest BCUT2D eigenvalue weighted by atomic mass is 10.0. The van der Waals surface area contributed by atoms with Gasteiger partial charge in [0, 0.05) is 42.3 Å². The molecule has 1 unspecified atom stereocenters. The first-order chi connectivity index (χ1) is 19.9. The van der Waals surface area contributed by atoms with Gasteiger partial charge in [-0.05, 0) is 51.8 Å². The Balaban J connectivity index is 1.47.